The van der Waals surface area contributed by atoms with E-state index in [4.69, 9.17) is 20.9 Å². The molecule has 2 saturated heterocycles. The quantitative estimate of drug-likeness (QED) is 0.373. The molecular weight excluding hydrogens is 641 g/mol. The van der Waals surface area contributed by atoms with Crippen molar-refractivity contribution in [2.24, 2.45) is 11.5 Å². The lowest BCUT2D eigenvalue weighted by Gasteiger charge is -2.38. The Morgan fingerprint density at radius 2 is 0.955 bits per heavy atom. The van der Waals surface area contributed by atoms with Crippen molar-refractivity contribution in [3.63, 3.8) is 0 Å². The van der Waals surface area contributed by atoms with Crippen LogP contribution in [-0.2, 0) is 22.7 Å². The molecule has 248 valence electrons. The molecule has 2 aliphatic rings. The predicted octanol–water partition coefficient (Wildman–Crippen LogP) is 6.20. The fraction of sp³-hybridized carbons (Fsp3) is 0.500. The molecule has 0 radical (unpaired) electrons. The molecule has 2 aromatic rings. The number of likely N-dealkylation sites (tertiary alicyclic amines) is 2. The highest BCUT2D eigenvalue weighted by Crippen LogP contribution is 2.33. The normalized spacial score (nSPS) is 21.9. The van der Waals surface area contributed by atoms with Gasteiger partial charge in [0.05, 0.1) is 0 Å². The second-order valence-corrected chi connectivity index (χ2v) is 10.2. The first-order valence-electron chi connectivity index (χ1n) is 13.3. The van der Waals surface area contributed by atoms with Crippen LogP contribution in [0.15, 0.2) is 60.7 Å². The predicted molar refractivity (Wildman–Crippen MR) is 155 cm³/mol. The molecule has 0 saturated carbocycles. The zero-order chi connectivity index (χ0) is 30.9. The molecule has 0 unspecified atom stereocenters. The van der Waals surface area contributed by atoms with Gasteiger partial charge in [0.25, 0.3) is 0 Å². The number of hydrogen-bond donors (Lipinski definition) is 2. The summed E-state index contributed by atoms with van der Waals surface area (Å²) in [5, 5.41) is 0. The van der Waals surface area contributed by atoms with E-state index in [0.29, 0.717) is 9.80 Å². The molecule has 2 aliphatic heterocycles. The Morgan fingerprint density at radius 3 is 1.25 bits per heavy atom. The maximum Gasteiger partial charge on any atom is 0.410 e. The number of carbonyl (C=O) groups excluding carboxylic acids is 2. The Kier molecular flexibility index (Phi) is 15.6. The molecule has 8 nitrogen and oxygen atoms in total. The van der Waals surface area contributed by atoms with Gasteiger partial charge in [-0.05, 0) is 36.8 Å². The Morgan fingerprint density at radius 1 is 0.636 bits per heavy atom. The summed E-state index contributed by atoms with van der Waals surface area (Å²) in [6, 6.07) is 13.0. The van der Waals surface area contributed by atoms with Crippen molar-refractivity contribution in [2.75, 3.05) is 13.1 Å². The molecule has 2 aromatic carbocycles. The molecule has 44 heavy (non-hydrogen) atoms. The van der Waals surface area contributed by atoms with Crippen molar-refractivity contribution in [1.82, 2.24) is 9.80 Å². The maximum atomic E-state index is 13.0. The lowest BCUT2D eigenvalue weighted by atomic mass is 9.99. The van der Waals surface area contributed by atoms with Gasteiger partial charge in [-0.1, -0.05) is 60.7 Å². The largest absolute Gasteiger partial charge is 0.445 e. The van der Waals surface area contributed by atoms with E-state index in [1.54, 1.807) is 60.7 Å². The van der Waals surface area contributed by atoms with Crippen molar-refractivity contribution in [3.8, 4) is 0 Å². The summed E-state index contributed by atoms with van der Waals surface area (Å²) in [6.45, 7) is -0.401. The van der Waals surface area contributed by atoms with E-state index in [-0.39, 0.29) is 76.8 Å². The van der Waals surface area contributed by atoms with Crippen LogP contribution in [0.1, 0.15) is 36.8 Å². The van der Waals surface area contributed by atoms with Crippen molar-refractivity contribution >= 4 is 37.0 Å². The van der Waals surface area contributed by atoms with Crippen LogP contribution in [0.3, 0.4) is 0 Å². The molecule has 4 atom stereocenters. The van der Waals surface area contributed by atoms with Gasteiger partial charge in [0, 0.05) is 25.2 Å². The van der Waals surface area contributed by atoms with E-state index in [9.17, 15) is 35.9 Å². The third-order valence-electron chi connectivity index (χ3n) is 6.87. The number of nitrogens with two attached hydrogens (primary N) is 2. The molecule has 2 heterocycles. The van der Waals surface area contributed by atoms with Gasteiger partial charge < -0.3 is 20.9 Å². The number of nitrogens with zero attached hydrogens (tertiary/aromatic N) is 2. The Bertz CT molecular complexity index is 1060. The SMILES string of the molecule is Cl.Cl.N[C@@H]1CC[C@H](C(F)(F)F)N(C(=O)OCc2ccccc2)C1.N[C@H]1CC[C@@H](C(F)(F)F)N(C(=O)OCc2ccccc2)C1. The minimum Gasteiger partial charge on any atom is -0.445 e. The first-order valence-corrected chi connectivity index (χ1v) is 13.3. The zero-order valence-electron chi connectivity index (χ0n) is 23.5. The maximum absolute atomic E-state index is 13.0. The van der Waals surface area contributed by atoms with E-state index in [1.165, 1.54) is 0 Å². The summed E-state index contributed by atoms with van der Waals surface area (Å²) in [5.41, 5.74) is 12.8. The van der Waals surface area contributed by atoms with Gasteiger partial charge in [-0.3, -0.25) is 9.80 Å². The zero-order valence-corrected chi connectivity index (χ0v) is 25.1. The summed E-state index contributed by atoms with van der Waals surface area (Å²) < 4.78 is 87.7. The van der Waals surface area contributed by atoms with Crippen LogP contribution in [0.4, 0.5) is 35.9 Å². The lowest BCUT2D eigenvalue weighted by molar-refractivity contribution is -0.187. The number of benzene rings is 2. The number of carbonyl (C=O) groups is 2. The summed E-state index contributed by atoms with van der Waals surface area (Å²) in [4.78, 5) is 25.2. The third kappa shape index (κ3) is 11.9. The number of hydrogen-bond acceptors (Lipinski definition) is 6. The molecule has 0 aliphatic carbocycles. The van der Waals surface area contributed by atoms with Crippen LogP contribution in [0.2, 0.25) is 0 Å². The van der Waals surface area contributed by atoms with E-state index in [2.05, 4.69) is 0 Å². The van der Waals surface area contributed by atoms with Gasteiger partial charge >= 0.3 is 24.5 Å². The smallest absolute Gasteiger partial charge is 0.410 e. The molecule has 4 N–H and O–H groups in total. The van der Waals surface area contributed by atoms with Crippen LogP contribution < -0.4 is 11.5 Å². The van der Waals surface area contributed by atoms with E-state index >= 15 is 0 Å². The van der Waals surface area contributed by atoms with Crippen molar-refractivity contribution in [2.45, 2.75) is 75.4 Å². The number of halogens is 8. The van der Waals surface area contributed by atoms with Crippen LogP contribution in [-0.4, -0.2) is 71.6 Å². The van der Waals surface area contributed by atoms with Gasteiger partial charge in [-0.2, -0.15) is 26.3 Å². The fourth-order valence-electron chi connectivity index (χ4n) is 4.69. The minimum atomic E-state index is -4.47. The van der Waals surface area contributed by atoms with Gasteiger partial charge in [0.1, 0.15) is 25.3 Å². The van der Waals surface area contributed by atoms with Gasteiger partial charge in [-0.25, -0.2) is 9.59 Å². The Labute approximate surface area is 263 Å². The lowest BCUT2D eigenvalue weighted by Crippen LogP contribution is -2.56. The van der Waals surface area contributed by atoms with Crippen LogP contribution in [0.5, 0.6) is 0 Å². The van der Waals surface area contributed by atoms with Gasteiger partial charge in [0.2, 0.25) is 0 Å². The number of amides is 2. The Hall–Kier alpha value is -2.94. The first-order chi connectivity index (χ1) is 19.8. The summed E-state index contributed by atoms with van der Waals surface area (Å²) in [5.74, 6) is 0. The van der Waals surface area contributed by atoms with Crippen LogP contribution >= 0.6 is 24.8 Å². The number of piperidine rings is 2. The molecule has 2 amide bonds. The van der Waals surface area contributed by atoms with E-state index < -0.39 is 48.7 Å². The average Bonchev–Trinajstić information content (AvgIpc) is 2.94. The summed E-state index contributed by atoms with van der Waals surface area (Å²) >= 11 is 0. The second-order valence-electron chi connectivity index (χ2n) is 10.2. The summed E-state index contributed by atoms with van der Waals surface area (Å²) in [6.07, 6.45) is -10.8. The van der Waals surface area contributed by atoms with Gasteiger partial charge in [-0.15, -0.1) is 24.8 Å². The van der Waals surface area contributed by atoms with Crippen LogP contribution in [0, 0.1) is 0 Å². The summed E-state index contributed by atoms with van der Waals surface area (Å²) in [7, 11) is 0. The molecular formula is C28H36Cl2F6N4O4. The molecule has 16 heteroatoms. The van der Waals surface area contributed by atoms with Gasteiger partial charge in [0.15, 0.2) is 0 Å². The highest BCUT2D eigenvalue weighted by molar-refractivity contribution is 5.85. The molecule has 4 rings (SSSR count). The average molecular weight is 678 g/mol. The van der Waals surface area contributed by atoms with Crippen molar-refractivity contribution < 1.29 is 45.4 Å². The Balaban J connectivity index is 0.000000421. The molecule has 0 bridgehead atoms. The number of ether oxygens (including phenoxy) is 2. The molecule has 0 aromatic heterocycles. The highest BCUT2D eigenvalue weighted by Gasteiger charge is 2.49. The molecule has 0 spiro atoms. The monoisotopic (exact) mass is 676 g/mol. The fourth-order valence-corrected chi connectivity index (χ4v) is 4.69. The minimum absolute atomic E-state index is 0. The first kappa shape index (κ1) is 39.1. The topological polar surface area (TPSA) is 111 Å². The standard InChI is InChI=1S/2C14H17F3N2O2.2ClH/c2*15-14(16,17)12-7-6-11(18)8-19(12)13(20)21-9-10-4-2-1-3-5-10;;/h2*1-5,11-12H,6-9,18H2;2*1H/t2*11-,12-;;/m10../s1. The van der Waals surface area contributed by atoms with Crippen molar-refractivity contribution in [3.05, 3.63) is 71.8 Å². The van der Waals surface area contributed by atoms with Crippen molar-refractivity contribution in [1.29, 1.82) is 0 Å². The third-order valence-corrected chi connectivity index (χ3v) is 6.87. The second kappa shape index (κ2) is 17.5. The molecule has 2 fully saturated rings. The van der Waals surface area contributed by atoms with Crippen LogP contribution in [0.25, 0.3) is 0 Å². The van der Waals surface area contributed by atoms with E-state index in [0.717, 1.165) is 11.1 Å². The number of rotatable bonds is 4. The van der Waals surface area contributed by atoms with E-state index in [1.807, 2.05) is 0 Å². The highest BCUT2D eigenvalue weighted by atomic mass is 35.5. The number of alkyl halides is 6.